The standard InChI is InChI=1S/C20H17NO6/c1-10-5-17-18(26-9-25-17)8-15(10)21-19(23)7-14-11(2)13-4-3-12(22)6-16(13)27-20(14)24/h3-6,8,22H,7,9H2,1-2H3,(H,21,23). The molecule has 0 radical (unpaired) electrons. The number of anilines is 1. The molecule has 2 N–H and O–H groups in total. The van der Waals surface area contributed by atoms with Crippen LogP contribution in [0.5, 0.6) is 17.2 Å². The number of aromatic hydroxyl groups is 1. The van der Waals surface area contributed by atoms with Crippen molar-refractivity contribution in [3.8, 4) is 17.2 Å². The van der Waals surface area contributed by atoms with Gasteiger partial charge in [-0.2, -0.15) is 0 Å². The van der Waals surface area contributed by atoms with Crippen molar-refractivity contribution in [3.63, 3.8) is 0 Å². The summed E-state index contributed by atoms with van der Waals surface area (Å²) >= 11 is 0. The number of carbonyl (C=O) groups excluding carboxylic acids is 1. The molecule has 1 amide bonds. The molecule has 138 valence electrons. The molecule has 1 aromatic heterocycles. The molecule has 0 unspecified atom stereocenters. The normalized spacial score (nSPS) is 12.4. The van der Waals surface area contributed by atoms with E-state index in [2.05, 4.69) is 5.32 Å². The first-order chi connectivity index (χ1) is 12.9. The molecule has 0 atom stereocenters. The first kappa shape index (κ1) is 17.0. The first-order valence-corrected chi connectivity index (χ1v) is 8.38. The molecular formula is C20H17NO6. The quantitative estimate of drug-likeness (QED) is 0.691. The van der Waals surface area contributed by atoms with Gasteiger partial charge in [-0.05, 0) is 43.2 Å². The number of phenols is 1. The Labute approximate surface area is 154 Å². The van der Waals surface area contributed by atoms with E-state index in [-0.39, 0.29) is 36.0 Å². The average molecular weight is 367 g/mol. The minimum Gasteiger partial charge on any atom is -0.508 e. The lowest BCUT2D eigenvalue weighted by Crippen LogP contribution is -2.21. The van der Waals surface area contributed by atoms with Crippen LogP contribution in [0.1, 0.15) is 16.7 Å². The molecule has 3 aromatic rings. The predicted molar refractivity (Wildman–Crippen MR) is 98.5 cm³/mol. The van der Waals surface area contributed by atoms with Crippen LogP contribution in [0.25, 0.3) is 11.0 Å². The van der Waals surface area contributed by atoms with Gasteiger partial charge in [-0.15, -0.1) is 0 Å². The smallest absolute Gasteiger partial charge is 0.340 e. The molecule has 1 aliphatic rings. The van der Waals surface area contributed by atoms with E-state index in [9.17, 15) is 14.7 Å². The van der Waals surface area contributed by atoms with Crippen LogP contribution in [0.3, 0.4) is 0 Å². The molecule has 27 heavy (non-hydrogen) atoms. The zero-order valence-electron chi connectivity index (χ0n) is 14.8. The second-order valence-electron chi connectivity index (χ2n) is 6.42. The number of rotatable bonds is 3. The Bertz CT molecular complexity index is 1130. The SMILES string of the molecule is Cc1cc2c(cc1NC(=O)Cc1c(C)c3ccc(O)cc3oc1=O)OCO2. The Balaban J connectivity index is 1.62. The Hall–Kier alpha value is -3.48. The number of nitrogens with one attached hydrogen (secondary N) is 1. The number of ether oxygens (including phenoxy) is 2. The Morgan fingerprint density at radius 3 is 2.67 bits per heavy atom. The fraction of sp³-hybridized carbons (Fsp3) is 0.200. The van der Waals surface area contributed by atoms with Gasteiger partial charge in [0.2, 0.25) is 12.7 Å². The summed E-state index contributed by atoms with van der Waals surface area (Å²) in [6, 6.07) is 8.04. The van der Waals surface area contributed by atoms with Gasteiger partial charge in [0.15, 0.2) is 11.5 Å². The Morgan fingerprint density at radius 2 is 1.89 bits per heavy atom. The Kier molecular flexibility index (Phi) is 3.99. The van der Waals surface area contributed by atoms with Crippen molar-refractivity contribution < 1.29 is 23.8 Å². The minimum atomic E-state index is -0.594. The van der Waals surface area contributed by atoms with E-state index in [1.165, 1.54) is 12.1 Å². The number of phenolic OH excluding ortho intramolecular Hbond substituents is 1. The van der Waals surface area contributed by atoms with Gasteiger partial charge in [-0.3, -0.25) is 4.79 Å². The summed E-state index contributed by atoms with van der Waals surface area (Å²) in [5, 5.41) is 13.0. The highest BCUT2D eigenvalue weighted by atomic mass is 16.7. The maximum absolute atomic E-state index is 12.5. The second kappa shape index (κ2) is 6.35. The molecule has 0 bridgehead atoms. The van der Waals surface area contributed by atoms with Gasteiger partial charge in [-0.25, -0.2) is 4.79 Å². The van der Waals surface area contributed by atoms with Crippen LogP contribution in [0.4, 0.5) is 5.69 Å². The van der Waals surface area contributed by atoms with E-state index in [4.69, 9.17) is 13.9 Å². The highest BCUT2D eigenvalue weighted by Gasteiger charge is 2.19. The number of amides is 1. The van der Waals surface area contributed by atoms with E-state index in [1.807, 2.05) is 6.92 Å². The molecular weight excluding hydrogens is 350 g/mol. The summed E-state index contributed by atoms with van der Waals surface area (Å²) in [6.07, 6.45) is -0.126. The molecule has 4 rings (SSSR count). The van der Waals surface area contributed by atoms with Crippen molar-refractivity contribution in [2.75, 3.05) is 12.1 Å². The van der Waals surface area contributed by atoms with Crippen molar-refractivity contribution in [3.05, 3.63) is 57.4 Å². The number of carbonyl (C=O) groups is 1. The third kappa shape index (κ3) is 3.08. The van der Waals surface area contributed by atoms with Gasteiger partial charge in [0.05, 0.1) is 12.0 Å². The highest BCUT2D eigenvalue weighted by Crippen LogP contribution is 2.36. The van der Waals surface area contributed by atoms with E-state index < -0.39 is 5.63 Å². The molecule has 0 fully saturated rings. The number of hydrogen-bond acceptors (Lipinski definition) is 6. The highest BCUT2D eigenvalue weighted by molar-refractivity contribution is 5.94. The predicted octanol–water partition coefficient (Wildman–Crippen LogP) is 3.03. The van der Waals surface area contributed by atoms with Crippen molar-refractivity contribution in [1.82, 2.24) is 0 Å². The minimum absolute atomic E-state index is 0.00817. The van der Waals surface area contributed by atoms with Gasteiger partial charge < -0.3 is 24.3 Å². The van der Waals surface area contributed by atoms with Crippen LogP contribution >= 0.6 is 0 Å². The van der Waals surface area contributed by atoms with Crippen LogP contribution in [0.15, 0.2) is 39.5 Å². The third-order valence-corrected chi connectivity index (χ3v) is 4.60. The van der Waals surface area contributed by atoms with Crippen LogP contribution in [0.2, 0.25) is 0 Å². The van der Waals surface area contributed by atoms with Crippen LogP contribution in [0, 0.1) is 13.8 Å². The van der Waals surface area contributed by atoms with E-state index in [0.29, 0.717) is 28.1 Å². The maximum Gasteiger partial charge on any atom is 0.340 e. The van der Waals surface area contributed by atoms with Crippen LogP contribution < -0.4 is 20.4 Å². The van der Waals surface area contributed by atoms with Gasteiger partial charge in [0.25, 0.3) is 0 Å². The summed E-state index contributed by atoms with van der Waals surface area (Å²) in [5.74, 6) is 0.871. The molecule has 2 heterocycles. The molecule has 0 saturated carbocycles. The molecule has 0 spiro atoms. The zero-order valence-corrected chi connectivity index (χ0v) is 14.8. The molecule has 0 aliphatic carbocycles. The van der Waals surface area contributed by atoms with Crippen molar-refractivity contribution in [2.45, 2.75) is 20.3 Å². The summed E-state index contributed by atoms with van der Waals surface area (Å²) in [7, 11) is 0. The zero-order chi connectivity index (χ0) is 19.1. The fourth-order valence-corrected chi connectivity index (χ4v) is 3.12. The third-order valence-electron chi connectivity index (χ3n) is 4.60. The molecule has 1 aliphatic heterocycles. The van der Waals surface area contributed by atoms with E-state index in [1.54, 1.807) is 25.1 Å². The second-order valence-corrected chi connectivity index (χ2v) is 6.42. The largest absolute Gasteiger partial charge is 0.508 e. The summed E-state index contributed by atoms with van der Waals surface area (Å²) in [4.78, 5) is 24.8. The van der Waals surface area contributed by atoms with Gasteiger partial charge in [0, 0.05) is 23.2 Å². The number of aryl methyl sites for hydroxylation is 2. The molecule has 2 aromatic carbocycles. The lowest BCUT2D eigenvalue weighted by atomic mass is 10.0. The summed E-state index contributed by atoms with van der Waals surface area (Å²) in [5.41, 5.74) is 2.04. The number of benzene rings is 2. The monoisotopic (exact) mass is 367 g/mol. The first-order valence-electron chi connectivity index (χ1n) is 8.38. The molecule has 0 saturated heterocycles. The van der Waals surface area contributed by atoms with Crippen molar-refractivity contribution >= 4 is 22.6 Å². The lowest BCUT2D eigenvalue weighted by Gasteiger charge is -2.11. The maximum atomic E-state index is 12.5. The van der Waals surface area contributed by atoms with Gasteiger partial charge in [-0.1, -0.05) is 0 Å². The van der Waals surface area contributed by atoms with Crippen LogP contribution in [-0.4, -0.2) is 17.8 Å². The molecule has 7 nitrogen and oxygen atoms in total. The molecule has 7 heteroatoms. The van der Waals surface area contributed by atoms with Crippen LogP contribution in [-0.2, 0) is 11.2 Å². The topological polar surface area (TPSA) is 98.0 Å². The Morgan fingerprint density at radius 1 is 1.15 bits per heavy atom. The van der Waals surface area contributed by atoms with Crippen molar-refractivity contribution in [1.29, 1.82) is 0 Å². The lowest BCUT2D eigenvalue weighted by molar-refractivity contribution is -0.115. The average Bonchev–Trinajstić information content (AvgIpc) is 3.05. The van der Waals surface area contributed by atoms with E-state index in [0.717, 1.165) is 5.56 Å². The van der Waals surface area contributed by atoms with Crippen molar-refractivity contribution in [2.24, 2.45) is 0 Å². The summed E-state index contributed by atoms with van der Waals surface area (Å²) in [6.45, 7) is 3.75. The van der Waals surface area contributed by atoms with E-state index >= 15 is 0 Å². The fourth-order valence-electron chi connectivity index (χ4n) is 3.12. The number of fused-ring (bicyclic) bond motifs is 2. The summed E-state index contributed by atoms with van der Waals surface area (Å²) < 4.78 is 15.9. The number of hydrogen-bond donors (Lipinski definition) is 2. The van der Waals surface area contributed by atoms with Gasteiger partial charge in [0.1, 0.15) is 11.3 Å². The van der Waals surface area contributed by atoms with Gasteiger partial charge >= 0.3 is 5.63 Å².